The Labute approximate surface area is 157 Å². The highest BCUT2D eigenvalue weighted by atomic mass is 16.2. The number of fused-ring (bicyclic) bond motifs is 1. The molecule has 1 aliphatic rings. The lowest BCUT2D eigenvalue weighted by atomic mass is 10.2. The van der Waals surface area contributed by atoms with Crippen LogP contribution in [0, 0.1) is 6.92 Å². The van der Waals surface area contributed by atoms with E-state index >= 15 is 0 Å². The highest BCUT2D eigenvalue weighted by Gasteiger charge is 2.26. The lowest BCUT2D eigenvalue weighted by Gasteiger charge is -2.11. The van der Waals surface area contributed by atoms with Crippen LogP contribution < -0.4 is 10.6 Å². The fourth-order valence-electron chi connectivity index (χ4n) is 3.27. The minimum atomic E-state index is -0.706. The summed E-state index contributed by atoms with van der Waals surface area (Å²) in [5.74, 6) is -0.827. The number of aryl methyl sites for hydroxylation is 2. The van der Waals surface area contributed by atoms with E-state index in [1.165, 1.54) is 0 Å². The molecule has 0 unspecified atom stereocenters. The standard InChI is InChI=1S/C21H20N4O2/c1-14-10-12-15(13-11-14)22-20(26)21(27)23-19-17-8-5-9-18(17)24-25(19)16-6-3-2-4-7-16/h2-4,6-7,10-13H,5,8-9H2,1H3,(H,22,26)(H,23,27). The van der Waals surface area contributed by atoms with Crippen LogP contribution in [0.5, 0.6) is 0 Å². The van der Waals surface area contributed by atoms with Crippen molar-refractivity contribution in [3.8, 4) is 5.69 Å². The number of aromatic nitrogens is 2. The van der Waals surface area contributed by atoms with Gasteiger partial charge in [0.25, 0.3) is 0 Å². The normalized spacial score (nSPS) is 12.5. The lowest BCUT2D eigenvalue weighted by Crippen LogP contribution is -2.30. The molecule has 0 bridgehead atoms. The molecule has 2 amide bonds. The van der Waals surface area contributed by atoms with Crippen molar-refractivity contribution in [3.63, 3.8) is 0 Å². The Bertz CT molecular complexity index is 991. The number of hydrogen-bond donors (Lipinski definition) is 2. The van der Waals surface area contributed by atoms with Gasteiger partial charge in [-0.2, -0.15) is 5.10 Å². The van der Waals surface area contributed by atoms with Gasteiger partial charge in [0.2, 0.25) is 0 Å². The van der Waals surface area contributed by atoms with Gasteiger partial charge >= 0.3 is 11.8 Å². The Kier molecular flexibility index (Phi) is 4.46. The number of nitrogens with one attached hydrogen (secondary N) is 2. The van der Waals surface area contributed by atoms with Gasteiger partial charge < -0.3 is 10.6 Å². The van der Waals surface area contributed by atoms with Gasteiger partial charge in [-0.25, -0.2) is 4.68 Å². The highest BCUT2D eigenvalue weighted by molar-refractivity contribution is 6.43. The van der Waals surface area contributed by atoms with Crippen molar-refractivity contribution in [2.75, 3.05) is 10.6 Å². The zero-order valence-corrected chi connectivity index (χ0v) is 15.0. The number of hydrogen-bond acceptors (Lipinski definition) is 3. The SMILES string of the molecule is Cc1ccc(NC(=O)C(=O)Nc2c3c(nn2-c2ccccc2)CCC3)cc1. The van der Waals surface area contributed by atoms with Crippen molar-refractivity contribution in [2.24, 2.45) is 0 Å². The predicted molar refractivity (Wildman–Crippen MR) is 104 cm³/mol. The van der Waals surface area contributed by atoms with Crippen molar-refractivity contribution in [2.45, 2.75) is 26.2 Å². The minimum absolute atomic E-state index is 0.581. The number of amides is 2. The third-order valence-electron chi connectivity index (χ3n) is 4.66. The molecule has 2 N–H and O–H groups in total. The van der Waals surface area contributed by atoms with Gasteiger partial charge in [-0.15, -0.1) is 0 Å². The molecule has 0 atom stereocenters. The van der Waals surface area contributed by atoms with Crippen LogP contribution in [0.15, 0.2) is 54.6 Å². The van der Waals surface area contributed by atoms with Gasteiger partial charge in [-0.1, -0.05) is 35.9 Å². The molecule has 1 aliphatic carbocycles. The van der Waals surface area contributed by atoms with E-state index in [1.807, 2.05) is 49.4 Å². The predicted octanol–water partition coefficient (Wildman–Crippen LogP) is 3.25. The first-order chi connectivity index (χ1) is 13.1. The molecule has 0 fully saturated rings. The van der Waals surface area contributed by atoms with Crippen LogP contribution in [0.2, 0.25) is 0 Å². The van der Waals surface area contributed by atoms with E-state index < -0.39 is 11.8 Å². The number of anilines is 2. The fourth-order valence-corrected chi connectivity index (χ4v) is 3.27. The summed E-state index contributed by atoms with van der Waals surface area (Å²) in [6.07, 6.45) is 2.73. The summed E-state index contributed by atoms with van der Waals surface area (Å²) in [6.45, 7) is 1.96. The van der Waals surface area contributed by atoms with Gasteiger partial charge in [0.15, 0.2) is 0 Å². The maximum Gasteiger partial charge on any atom is 0.315 e. The van der Waals surface area contributed by atoms with Gasteiger partial charge in [0.1, 0.15) is 5.82 Å². The molecule has 4 rings (SSSR count). The fraction of sp³-hybridized carbons (Fsp3) is 0.190. The molecule has 2 aromatic carbocycles. The first-order valence-corrected chi connectivity index (χ1v) is 8.97. The Balaban J connectivity index is 1.57. The van der Waals surface area contributed by atoms with Crippen LogP contribution in [0.3, 0.4) is 0 Å². The summed E-state index contributed by atoms with van der Waals surface area (Å²) in [6, 6.07) is 16.9. The van der Waals surface area contributed by atoms with E-state index in [9.17, 15) is 9.59 Å². The van der Waals surface area contributed by atoms with Crippen molar-refractivity contribution in [1.82, 2.24) is 9.78 Å². The summed E-state index contributed by atoms with van der Waals surface area (Å²) in [7, 11) is 0. The lowest BCUT2D eigenvalue weighted by molar-refractivity contribution is -0.133. The quantitative estimate of drug-likeness (QED) is 0.704. The zero-order valence-electron chi connectivity index (χ0n) is 15.0. The Morgan fingerprint density at radius 3 is 2.37 bits per heavy atom. The highest BCUT2D eigenvalue weighted by Crippen LogP contribution is 2.30. The van der Waals surface area contributed by atoms with Crippen LogP contribution >= 0.6 is 0 Å². The molecule has 6 nitrogen and oxygen atoms in total. The van der Waals surface area contributed by atoms with Crippen LogP contribution in [-0.4, -0.2) is 21.6 Å². The Morgan fingerprint density at radius 2 is 1.63 bits per heavy atom. The monoisotopic (exact) mass is 360 g/mol. The van der Waals surface area contributed by atoms with Crippen molar-refractivity contribution < 1.29 is 9.59 Å². The smallest absolute Gasteiger partial charge is 0.315 e. The molecule has 1 heterocycles. The van der Waals surface area contributed by atoms with E-state index in [4.69, 9.17) is 0 Å². The van der Waals surface area contributed by atoms with E-state index in [1.54, 1.807) is 16.8 Å². The molecule has 0 radical (unpaired) electrons. The van der Waals surface area contributed by atoms with E-state index in [0.717, 1.165) is 41.8 Å². The summed E-state index contributed by atoms with van der Waals surface area (Å²) >= 11 is 0. The minimum Gasteiger partial charge on any atom is -0.318 e. The zero-order chi connectivity index (χ0) is 18.8. The van der Waals surface area contributed by atoms with Gasteiger partial charge in [0.05, 0.1) is 11.4 Å². The first kappa shape index (κ1) is 17.0. The molecule has 136 valence electrons. The van der Waals surface area contributed by atoms with Crippen LogP contribution in [-0.2, 0) is 22.4 Å². The first-order valence-electron chi connectivity index (χ1n) is 8.97. The molecule has 0 saturated carbocycles. The van der Waals surface area contributed by atoms with Crippen molar-refractivity contribution in [1.29, 1.82) is 0 Å². The molecule has 3 aromatic rings. The van der Waals surface area contributed by atoms with Gasteiger partial charge in [0, 0.05) is 11.3 Å². The average molecular weight is 360 g/mol. The van der Waals surface area contributed by atoms with Crippen LogP contribution in [0.4, 0.5) is 11.5 Å². The van der Waals surface area contributed by atoms with Crippen LogP contribution in [0.25, 0.3) is 5.69 Å². The summed E-state index contributed by atoms with van der Waals surface area (Å²) in [4.78, 5) is 24.8. The molecule has 0 aliphatic heterocycles. The molecule has 0 saturated heterocycles. The van der Waals surface area contributed by atoms with E-state index in [-0.39, 0.29) is 0 Å². The number of carbonyl (C=O) groups excluding carboxylic acids is 2. The van der Waals surface area contributed by atoms with Crippen molar-refractivity contribution >= 4 is 23.3 Å². The second kappa shape index (κ2) is 7.07. The second-order valence-corrected chi connectivity index (χ2v) is 6.65. The molecule has 0 spiro atoms. The number of benzene rings is 2. The molecule has 27 heavy (non-hydrogen) atoms. The van der Waals surface area contributed by atoms with Gasteiger partial charge in [-0.05, 0) is 50.5 Å². The number of para-hydroxylation sites is 1. The molecule has 6 heteroatoms. The van der Waals surface area contributed by atoms with E-state index in [0.29, 0.717) is 11.5 Å². The average Bonchev–Trinajstić information content (AvgIpc) is 3.27. The topological polar surface area (TPSA) is 76.0 Å². The second-order valence-electron chi connectivity index (χ2n) is 6.65. The summed E-state index contributed by atoms with van der Waals surface area (Å²) in [5, 5.41) is 10.0. The summed E-state index contributed by atoms with van der Waals surface area (Å²) in [5.41, 5.74) is 4.51. The number of rotatable bonds is 3. The summed E-state index contributed by atoms with van der Waals surface area (Å²) < 4.78 is 1.71. The Hall–Kier alpha value is -3.41. The van der Waals surface area contributed by atoms with Crippen LogP contribution in [0.1, 0.15) is 23.2 Å². The molecular weight excluding hydrogens is 340 g/mol. The van der Waals surface area contributed by atoms with Gasteiger partial charge in [-0.3, -0.25) is 9.59 Å². The molecular formula is C21H20N4O2. The maximum atomic E-state index is 12.5. The maximum absolute atomic E-state index is 12.5. The Morgan fingerprint density at radius 1 is 0.926 bits per heavy atom. The number of nitrogens with zero attached hydrogens (tertiary/aromatic N) is 2. The third-order valence-corrected chi connectivity index (χ3v) is 4.66. The number of carbonyl (C=O) groups is 2. The molecule has 1 aromatic heterocycles. The van der Waals surface area contributed by atoms with E-state index in [2.05, 4.69) is 15.7 Å². The van der Waals surface area contributed by atoms with Crippen molar-refractivity contribution in [3.05, 3.63) is 71.4 Å². The third kappa shape index (κ3) is 3.46. The largest absolute Gasteiger partial charge is 0.318 e.